The van der Waals surface area contributed by atoms with E-state index in [9.17, 15) is 0 Å². The molecule has 0 aromatic heterocycles. The molecule has 0 fully saturated rings. The second kappa shape index (κ2) is 4.32. The van der Waals surface area contributed by atoms with Gasteiger partial charge in [-0.1, -0.05) is 29.8 Å². The van der Waals surface area contributed by atoms with Crippen LogP contribution in [0.2, 0.25) is 0 Å². The molecule has 0 unspecified atom stereocenters. The molecule has 0 N–H and O–H groups in total. The predicted molar refractivity (Wildman–Crippen MR) is 61.2 cm³/mol. The van der Waals surface area contributed by atoms with E-state index in [1.165, 1.54) is 16.3 Å². The monoisotopic (exact) mass is 202 g/mol. The summed E-state index contributed by atoms with van der Waals surface area (Å²) in [5.41, 5.74) is 1.26. The van der Waals surface area contributed by atoms with Crippen molar-refractivity contribution in [1.29, 1.82) is 0 Å². The standard InChI is InChI=1S/C13H14O2/c1-10-3-4-11-5-6-13(15-9-14-2)8-12(11)7-10/h3-8H,9H2,1-2H3. The van der Waals surface area contributed by atoms with Crippen molar-refractivity contribution < 1.29 is 9.47 Å². The topological polar surface area (TPSA) is 18.5 Å². The molecule has 0 amide bonds. The molecule has 78 valence electrons. The van der Waals surface area contributed by atoms with Gasteiger partial charge in [0.2, 0.25) is 0 Å². The van der Waals surface area contributed by atoms with Crippen molar-refractivity contribution in [3.63, 3.8) is 0 Å². The van der Waals surface area contributed by atoms with Crippen LogP contribution in [0.3, 0.4) is 0 Å². The average molecular weight is 202 g/mol. The first-order valence-electron chi connectivity index (χ1n) is 4.92. The van der Waals surface area contributed by atoms with E-state index < -0.39 is 0 Å². The molecule has 0 atom stereocenters. The van der Waals surface area contributed by atoms with Crippen LogP contribution in [0, 0.1) is 6.92 Å². The van der Waals surface area contributed by atoms with E-state index in [2.05, 4.69) is 31.2 Å². The van der Waals surface area contributed by atoms with Crippen LogP contribution in [0.15, 0.2) is 36.4 Å². The minimum absolute atomic E-state index is 0.289. The van der Waals surface area contributed by atoms with Crippen LogP contribution in [0.5, 0.6) is 5.75 Å². The zero-order valence-electron chi connectivity index (χ0n) is 8.99. The Balaban J connectivity index is 2.36. The van der Waals surface area contributed by atoms with Gasteiger partial charge < -0.3 is 9.47 Å². The molecular weight excluding hydrogens is 188 g/mol. The first kappa shape index (κ1) is 9.99. The van der Waals surface area contributed by atoms with Crippen LogP contribution in [0.25, 0.3) is 10.8 Å². The molecule has 15 heavy (non-hydrogen) atoms. The normalized spacial score (nSPS) is 10.5. The van der Waals surface area contributed by atoms with Crippen LogP contribution in [0.1, 0.15) is 5.56 Å². The van der Waals surface area contributed by atoms with E-state index in [4.69, 9.17) is 9.47 Å². The van der Waals surface area contributed by atoms with Gasteiger partial charge in [0, 0.05) is 7.11 Å². The average Bonchev–Trinajstić information content (AvgIpc) is 2.25. The molecule has 0 aliphatic carbocycles. The smallest absolute Gasteiger partial charge is 0.188 e. The molecular formula is C13H14O2. The molecule has 2 rings (SSSR count). The number of hydrogen-bond donors (Lipinski definition) is 0. The molecule has 2 nitrogen and oxygen atoms in total. The Morgan fingerprint density at radius 2 is 1.80 bits per heavy atom. The fraction of sp³-hybridized carbons (Fsp3) is 0.231. The summed E-state index contributed by atoms with van der Waals surface area (Å²) in [7, 11) is 1.62. The third-order valence-corrected chi connectivity index (χ3v) is 2.31. The Bertz CT molecular complexity index is 463. The van der Waals surface area contributed by atoms with Gasteiger partial charge in [-0.15, -0.1) is 0 Å². The summed E-state index contributed by atoms with van der Waals surface area (Å²) in [5, 5.41) is 2.42. The lowest BCUT2D eigenvalue weighted by Gasteiger charge is -2.06. The minimum atomic E-state index is 0.289. The summed E-state index contributed by atoms with van der Waals surface area (Å²) in [4.78, 5) is 0. The minimum Gasteiger partial charge on any atom is -0.468 e. The van der Waals surface area contributed by atoms with E-state index in [-0.39, 0.29) is 6.79 Å². The van der Waals surface area contributed by atoms with Gasteiger partial charge in [0.05, 0.1) is 0 Å². The second-order valence-corrected chi connectivity index (χ2v) is 3.56. The molecule has 0 heterocycles. The number of ether oxygens (including phenoxy) is 2. The van der Waals surface area contributed by atoms with E-state index in [0.717, 1.165) is 5.75 Å². The van der Waals surface area contributed by atoms with Crippen LogP contribution in [0.4, 0.5) is 0 Å². The fourth-order valence-electron chi connectivity index (χ4n) is 1.56. The van der Waals surface area contributed by atoms with Gasteiger partial charge in [-0.25, -0.2) is 0 Å². The molecule has 0 saturated carbocycles. The highest BCUT2D eigenvalue weighted by Gasteiger charge is 1.97. The Morgan fingerprint density at radius 1 is 1.00 bits per heavy atom. The summed E-state index contributed by atoms with van der Waals surface area (Å²) in [6.45, 7) is 2.37. The second-order valence-electron chi connectivity index (χ2n) is 3.56. The van der Waals surface area contributed by atoms with Crippen molar-refractivity contribution in [3.8, 4) is 5.75 Å². The summed E-state index contributed by atoms with van der Waals surface area (Å²) >= 11 is 0. The maximum absolute atomic E-state index is 5.38. The summed E-state index contributed by atoms with van der Waals surface area (Å²) < 4.78 is 10.2. The van der Waals surface area contributed by atoms with E-state index in [0.29, 0.717) is 0 Å². The lowest BCUT2D eigenvalue weighted by atomic mass is 10.1. The third kappa shape index (κ3) is 2.28. The number of benzene rings is 2. The van der Waals surface area contributed by atoms with Crippen molar-refractivity contribution >= 4 is 10.8 Å². The number of fused-ring (bicyclic) bond motifs is 1. The zero-order valence-corrected chi connectivity index (χ0v) is 8.99. The Morgan fingerprint density at radius 3 is 2.60 bits per heavy atom. The molecule has 2 heteroatoms. The van der Waals surface area contributed by atoms with Crippen LogP contribution >= 0.6 is 0 Å². The fourth-order valence-corrected chi connectivity index (χ4v) is 1.56. The van der Waals surface area contributed by atoms with Crippen LogP contribution in [-0.4, -0.2) is 13.9 Å². The van der Waals surface area contributed by atoms with Crippen molar-refractivity contribution in [2.75, 3.05) is 13.9 Å². The molecule has 0 bridgehead atoms. The highest BCUT2D eigenvalue weighted by molar-refractivity contribution is 5.84. The summed E-state index contributed by atoms with van der Waals surface area (Å²) in [6.07, 6.45) is 0. The predicted octanol–water partition coefficient (Wildman–Crippen LogP) is 3.13. The third-order valence-electron chi connectivity index (χ3n) is 2.31. The van der Waals surface area contributed by atoms with Crippen molar-refractivity contribution in [2.24, 2.45) is 0 Å². The van der Waals surface area contributed by atoms with E-state index in [1.807, 2.05) is 12.1 Å². The Hall–Kier alpha value is -1.54. The Kier molecular flexibility index (Phi) is 2.88. The van der Waals surface area contributed by atoms with E-state index >= 15 is 0 Å². The van der Waals surface area contributed by atoms with Gasteiger partial charge in [0.15, 0.2) is 6.79 Å². The molecule has 2 aromatic carbocycles. The maximum atomic E-state index is 5.38. The molecule has 0 aliphatic heterocycles. The van der Waals surface area contributed by atoms with Crippen LogP contribution in [-0.2, 0) is 4.74 Å². The molecule has 0 aliphatic rings. The largest absolute Gasteiger partial charge is 0.468 e. The molecule has 0 spiro atoms. The van der Waals surface area contributed by atoms with Crippen molar-refractivity contribution in [1.82, 2.24) is 0 Å². The van der Waals surface area contributed by atoms with E-state index in [1.54, 1.807) is 7.11 Å². The summed E-state index contributed by atoms with van der Waals surface area (Å²) in [6, 6.07) is 12.4. The lowest BCUT2D eigenvalue weighted by molar-refractivity contribution is 0.0512. The first-order valence-corrected chi connectivity index (χ1v) is 4.92. The highest BCUT2D eigenvalue weighted by Crippen LogP contribution is 2.21. The zero-order chi connectivity index (χ0) is 10.7. The maximum Gasteiger partial charge on any atom is 0.188 e. The van der Waals surface area contributed by atoms with Gasteiger partial charge in [0.25, 0.3) is 0 Å². The number of rotatable bonds is 3. The van der Waals surface area contributed by atoms with Gasteiger partial charge in [-0.05, 0) is 29.8 Å². The summed E-state index contributed by atoms with van der Waals surface area (Å²) in [5.74, 6) is 0.843. The number of hydrogen-bond acceptors (Lipinski definition) is 2. The van der Waals surface area contributed by atoms with Crippen molar-refractivity contribution in [2.45, 2.75) is 6.92 Å². The SMILES string of the molecule is COCOc1ccc2ccc(C)cc2c1. The van der Waals surface area contributed by atoms with Crippen LogP contribution < -0.4 is 4.74 Å². The van der Waals surface area contributed by atoms with Gasteiger partial charge in [-0.2, -0.15) is 0 Å². The number of aryl methyl sites for hydroxylation is 1. The van der Waals surface area contributed by atoms with Gasteiger partial charge in [-0.3, -0.25) is 0 Å². The van der Waals surface area contributed by atoms with Crippen molar-refractivity contribution in [3.05, 3.63) is 42.0 Å². The molecule has 2 aromatic rings. The van der Waals surface area contributed by atoms with Gasteiger partial charge in [0.1, 0.15) is 5.75 Å². The first-order chi connectivity index (χ1) is 7.29. The quantitative estimate of drug-likeness (QED) is 0.712. The lowest BCUT2D eigenvalue weighted by Crippen LogP contribution is -1.98. The molecule has 0 radical (unpaired) electrons. The number of methoxy groups -OCH3 is 1. The highest BCUT2D eigenvalue weighted by atomic mass is 16.7. The molecule has 0 saturated heterocycles. The Labute approximate surface area is 89.4 Å². The van der Waals surface area contributed by atoms with Gasteiger partial charge >= 0.3 is 0 Å².